The van der Waals surface area contributed by atoms with Crippen LogP contribution in [-0.2, 0) is 0 Å². The molecule has 0 aliphatic heterocycles. The standard InChI is InChI=1S/C15H10ClIN4/c1-9-7-18-14(19-8-9)15-20-12(11(17)13(16)21-15)10-5-3-2-4-6-10/h2-8H,1H3. The van der Waals surface area contributed by atoms with Crippen LogP contribution in [-0.4, -0.2) is 19.9 Å². The van der Waals surface area contributed by atoms with Crippen LogP contribution in [0.25, 0.3) is 22.9 Å². The molecule has 3 rings (SSSR count). The number of aromatic nitrogens is 4. The molecule has 0 N–H and O–H groups in total. The van der Waals surface area contributed by atoms with E-state index in [4.69, 9.17) is 11.6 Å². The summed E-state index contributed by atoms with van der Waals surface area (Å²) in [5.41, 5.74) is 2.76. The zero-order chi connectivity index (χ0) is 14.8. The molecule has 4 nitrogen and oxygen atoms in total. The van der Waals surface area contributed by atoms with Gasteiger partial charge in [0, 0.05) is 18.0 Å². The van der Waals surface area contributed by atoms with Crippen molar-refractivity contribution in [3.8, 4) is 22.9 Å². The largest absolute Gasteiger partial charge is 0.234 e. The van der Waals surface area contributed by atoms with Gasteiger partial charge in [0.1, 0.15) is 5.15 Å². The third-order valence-electron chi connectivity index (χ3n) is 2.84. The van der Waals surface area contributed by atoms with Crippen molar-refractivity contribution in [3.05, 3.63) is 57.0 Å². The van der Waals surface area contributed by atoms with Gasteiger partial charge in [-0.3, -0.25) is 0 Å². The highest BCUT2D eigenvalue weighted by molar-refractivity contribution is 14.1. The van der Waals surface area contributed by atoms with Gasteiger partial charge in [0.2, 0.25) is 0 Å². The van der Waals surface area contributed by atoms with Crippen LogP contribution < -0.4 is 0 Å². The Balaban J connectivity index is 2.16. The second-order valence-electron chi connectivity index (χ2n) is 4.45. The summed E-state index contributed by atoms with van der Waals surface area (Å²) in [6.07, 6.45) is 3.47. The summed E-state index contributed by atoms with van der Waals surface area (Å²) in [5.74, 6) is 0.898. The summed E-state index contributed by atoms with van der Waals surface area (Å²) in [6, 6.07) is 9.86. The van der Waals surface area contributed by atoms with E-state index in [0.717, 1.165) is 20.4 Å². The van der Waals surface area contributed by atoms with Crippen LogP contribution in [0.2, 0.25) is 5.15 Å². The second-order valence-corrected chi connectivity index (χ2v) is 5.89. The van der Waals surface area contributed by atoms with E-state index in [-0.39, 0.29) is 0 Å². The zero-order valence-corrected chi connectivity index (χ0v) is 14.0. The van der Waals surface area contributed by atoms with E-state index in [0.29, 0.717) is 16.8 Å². The molecule has 104 valence electrons. The fourth-order valence-electron chi connectivity index (χ4n) is 1.82. The molecule has 1 aromatic carbocycles. The first-order valence-electron chi connectivity index (χ1n) is 6.22. The fraction of sp³-hybridized carbons (Fsp3) is 0.0667. The average Bonchev–Trinajstić information content (AvgIpc) is 2.51. The predicted octanol–water partition coefficient (Wildman–Crippen LogP) is 4.17. The van der Waals surface area contributed by atoms with Crippen LogP contribution in [0.1, 0.15) is 5.56 Å². The molecule has 6 heteroatoms. The molecule has 3 aromatic rings. The molecule has 0 aliphatic carbocycles. The van der Waals surface area contributed by atoms with Gasteiger partial charge in [-0.25, -0.2) is 19.9 Å². The van der Waals surface area contributed by atoms with Gasteiger partial charge < -0.3 is 0 Å². The lowest BCUT2D eigenvalue weighted by molar-refractivity contribution is 1.06. The molecule has 0 fully saturated rings. The summed E-state index contributed by atoms with van der Waals surface area (Å²) in [4.78, 5) is 17.4. The van der Waals surface area contributed by atoms with Crippen molar-refractivity contribution in [1.29, 1.82) is 0 Å². The van der Waals surface area contributed by atoms with E-state index in [1.807, 2.05) is 37.3 Å². The van der Waals surface area contributed by atoms with Gasteiger partial charge in [-0.05, 0) is 35.1 Å². The van der Waals surface area contributed by atoms with Crippen LogP contribution in [0.5, 0.6) is 0 Å². The Morgan fingerprint density at radius 2 is 1.62 bits per heavy atom. The zero-order valence-electron chi connectivity index (χ0n) is 11.1. The molecule has 2 aromatic heterocycles. The Morgan fingerprint density at radius 1 is 0.952 bits per heavy atom. The van der Waals surface area contributed by atoms with E-state index in [1.165, 1.54) is 0 Å². The topological polar surface area (TPSA) is 51.6 Å². The van der Waals surface area contributed by atoms with Crippen LogP contribution in [0, 0.1) is 10.5 Å². The van der Waals surface area contributed by atoms with Gasteiger partial charge in [0.15, 0.2) is 11.6 Å². The molecule has 2 heterocycles. The van der Waals surface area contributed by atoms with E-state index in [1.54, 1.807) is 12.4 Å². The summed E-state index contributed by atoms with van der Waals surface area (Å²) in [7, 11) is 0. The Bertz CT molecular complexity index is 776. The Kier molecular flexibility index (Phi) is 4.12. The third-order valence-corrected chi connectivity index (χ3v) is 4.45. The first-order valence-corrected chi connectivity index (χ1v) is 7.68. The lowest BCUT2D eigenvalue weighted by atomic mass is 10.1. The van der Waals surface area contributed by atoms with Crippen molar-refractivity contribution in [2.75, 3.05) is 0 Å². The van der Waals surface area contributed by atoms with Gasteiger partial charge in [-0.15, -0.1) is 0 Å². The van der Waals surface area contributed by atoms with Crippen molar-refractivity contribution in [3.63, 3.8) is 0 Å². The maximum Gasteiger partial charge on any atom is 0.199 e. The van der Waals surface area contributed by atoms with Crippen molar-refractivity contribution in [1.82, 2.24) is 19.9 Å². The molecule has 0 saturated heterocycles. The van der Waals surface area contributed by atoms with E-state index in [2.05, 4.69) is 42.5 Å². The van der Waals surface area contributed by atoms with Crippen LogP contribution >= 0.6 is 34.2 Å². The van der Waals surface area contributed by atoms with Crippen molar-refractivity contribution in [2.24, 2.45) is 0 Å². The smallest absolute Gasteiger partial charge is 0.199 e. The molecule has 0 spiro atoms. The van der Waals surface area contributed by atoms with E-state index < -0.39 is 0 Å². The predicted molar refractivity (Wildman–Crippen MR) is 91.0 cm³/mol. The fourth-order valence-corrected chi connectivity index (χ4v) is 2.54. The minimum Gasteiger partial charge on any atom is -0.234 e. The SMILES string of the molecule is Cc1cnc(-c2nc(Cl)c(I)c(-c3ccccc3)n2)nc1. The lowest BCUT2D eigenvalue weighted by Crippen LogP contribution is -2.00. The molecule has 21 heavy (non-hydrogen) atoms. The van der Waals surface area contributed by atoms with Gasteiger partial charge in [0.05, 0.1) is 9.26 Å². The molecule has 0 atom stereocenters. The third kappa shape index (κ3) is 3.03. The number of nitrogens with zero attached hydrogens (tertiary/aromatic N) is 4. The first-order chi connectivity index (χ1) is 10.1. The van der Waals surface area contributed by atoms with Gasteiger partial charge in [-0.2, -0.15) is 0 Å². The number of benzene rings is 1. The highest BCUT2D eigenvalue weighted by atomic mass is 127. The Hall–Kier alpha value is -1.60. The number of rotatable bonds is 2. The summed E-state index contributed by atoms with van der Waals surface area (Å²) in [6.45, 7) is 1.93. The molecule has 0 saturated carbocycles. The van der Waals surface area contributed by atoms with E-state index in [9.17, 15) is 0 Å². The molecular formula is C15H10ClIN4. The van der Waals surface area contributed by atoms with Crippen molar-refractivity contribution < 1.29 is 0 Å². The van der Waals surface area contributed by atoms with Gasteiger partial charge in [-0.1, -0.05) is 41.9 Å². The van der Waals surface area contributed by atoms with Crippen molar-refractivity contribution >= 4 is 34.2 Å². The van der Waals surface area contributed by atoms with E-state index >= 15 is 0 Å². The quantitative estimate of drug-likeness (QED) is 0.472. The summed E-state index contributed by atoms with van der Waals surface area (Å²) < 4.78 is 0.816. The molecular weight excluding hydrogens is 399 g/mol. The first kappa shape index (κ1) is 14.3. The minimum absolute atomic E-state index is 0.406. The summed E-state index contributed by atoms with van der Waals surface area (Å²) >= 11 is 8.39. The Labute approximate surface area is 140 Å². The van der Waals surface area contributed by atoms with Crippen LogP contribution in [0.3, 0.4) is 0 Å². The molecule has 0 bridgehead atoms. The van der Waals surface area contributed by atoms with Crippen LogP contribution in [0.15, 0.2) is 42.7 Å². The van der Waals surface area contributed by atoms with Gasteiger partial charge >= 0.3 is 0 Å². The summed E-state index contributed by atoms with van der Waals surface area (Å²) in [5, 5.41) is 0.406. The maximum atomic E-state index is 6.24. The molecule has 0 amide bonds. The highest BCUT2D eigenvalue weighted by Crippen LogP contribution is 2.29. The lowest BCUT2D eigenvalue weighted by Gasteiger charge is -2.07. The Morgan fingerprint density at radius 3 is 2.29 bits per heavy atom. The molecule has 0 aliphatic rings. The van der Waals surface area contributed by atoms with Gasteiger partial charge in [0.25, 0.3) is 0 Å². The highest BCUT2D eigenvalue weighted by Gasteiger charge is 2.14. The number of halogens is 2. The second kappa shape index (κ2) is 6.03. The average molecular weight is 409 g/mol. The monoisotopic (exact) mass is 408 g/mol. The number of aryl methyl sites for hydroxylation is 1. The van der Waals surface area contributed by atoms with Crippen molar-refractivity contribution in [2.45, 2.75) is 6.92 Å². The van der Waals surface area contributed by atoms with Crippen LogP contribution in [0.4, 0.5) is 0 Å². The minimum atomic E-state index is 0.406. The number of hydrogen-bond donors (Lipinski definition) is 0. The normalized spacial score (nSPS) is 10.6. The molecule has 0 unspecified atom stereocenters. The molecule has 0 radical (unpaired) electrons. The number of hydrogen-bond acceptors (Lipinski definition) is 4. The maximum absolute atomic E-state index is 6.24.